The van der Waals surface area contributed by atoms with E-state index in [9.17, 15) is 4.79 Å². The van der Waals surface area contributed by atoms with E-state index in [0.717, 1.165) is 33.7 Å². The van der Waals surface area contributed by atoms with Gasteiger partial charge < -0.3 is 36.0 Å². The highest BCUT2D eigenvalue weighted by Crippen LogP contribution is 2.41. The average molecular weight is 490 g/mol. The summed E-state index contributed by atoms with van der Waals surface area (Å²) >= 11 is 3.01. The molecule has 1 aliphatic heterocycles. The lowest BCUT2D eigenvalue weighted by atomic mass is 9.99. The highest BCUT2D eigenvalue weighted by atomic mass is 79.9. The summed E-state index contributed by atoms with van der Waals surface area (Å²) in [4.78, 5) is 15.2. The number of hydrogen-bond donors (Lipinski definition) is 1. The normalized spacial score (nSPS) is 18.6. The smallest absolute Gasteiger partial charge is 0.350 e. The maximum atomic E-state index is 13.5. The van der Waals surface area contributed by atoms with E-state index in [0.29, 0.717) is 19.4 Å². The molecule has 2 aromatic heterocycles. The van der Waals surface area contributed by atoms with Crippen LogP contribution in [0.1, 0.15) is 29.0 Å². The maximum absolute atomic E-state index is 13.5. The van der Waals surface area contributed by atoms with Crippen molar-refractivity contribution < 1.29 is 40.8 Å². The van der Waals surface area contributed by atoms with E-state index in [4.69, 9.17) is 14.6 Å². The Hall–Kier alpha value is -0.770. The number of aliphatic hydroxyl groups excluding tert-OH is 1. The molecule has 0 amide bonds. The number of esters is 1. The van der Waals surface area contributed by atoms with Gasteiger partial charge in [-0.15, -0.1) is 22.7 Å². The van der Waals surface area contributed by atoms with Crippen LogP contribution in [0.25, 0.3) is 0 Å². The van der Waals surface area contributed by atoms with Crippen molar-refractivity contribution in [3.05, 3.63) is 44.8 Å². The van der Waals surface area contributed by atoms with Crippen LogP contribution in [0.5, 0.6) is 0 Å². The molecule has 28 heavy (non-hydrogen) atoms. The molecule has 1 saturated heterocycles. The van der Waals surface area contributed by atoms with Crippen LogP contribution >= 0.6 is 22.7 Å². The van der Waals surface area contributed by atoms with Gasteiger partial charge >= 0.3 is 5.97 Å². The summed E-state index contributed by atoms with van der Waals surface area (Å²) in [6.45, 7) is 2.33. The van der Waals surface area contributed by atoms with Crippen molar-refractivity contribution in [2.24, 2.45) is 0 Å². The molecule has 5 nitrogen and oxygen atoms in total. The molecule has 0 saturated carbocycles. The minimum absolute atomic E-state index is 0. The second kappa shape index (κ2) is 10.3. The van der Waals surface area contributed by atoms with Gasteiger partial charge in [0, 0.05) is 19.6 Å². The number of unbranched alkanes of at least 4 members (excludes halogenated alkanes) is 1. The number of carbonyl (C=O) groups is 1. The molecule has 1 aliphatic rings. The number of nitrogens with zero attached hydrogens (tertiary/aromatic N) is 1. The number of quaternary nitrogens is 1. The van der Waals surface area contributed by atoms with Crippen molar-refractivity contribution >= 4 is 28.6 Å². The van der Waals surface area contributed by atoms with Gasteiger partial charge in [0.1, 0.15) is 6.54 Å². The first kappa shape index (κ1) is 23.5. The summed E-state index contributed by atoms with van der Waals surface area (Å²) in [5.74, 6) is -0.330. The molecule has 1 N–H and O–H groups in total. The Bertz CT molecular complexity index is 684. The number of aliphatic hydroxyl groups is 1. The topological polar surface area (TPSA) is 55.8 Å². The van der Waals surface area contributed by atoms with Gasteiger partial charge in [-0.1, -0.05) is 12.1 Å². The van der Waals surface area contributed by atoms with Crippen LogP contribution in [0.4, 0.5) is 0 Å². The van der Waals surface area contributed by atoms with Gasteiger partial charge in [-0.05, 0) is 35.7 Å². The molecule has 3 heterocycles. The standard InChI is InChI=1S/C20H28NO4S2.BrH/c1-21(2)10-9-16(15-21)25-19(23)20(17-7-5-13-26-17,18-8-6-14-27-18)24-12-4-3-11-22;/h5-8,13-14,16,22H,3-4,9-12,15H2,1-2H3;1H/q+1;/p-1. The van der Waals surface area contributed by atoms with Crippen molar-refractivity contribution in [2.45, 2.75) is 31.0 Å². The molecular formula is C20H28BrNO4S2. The lowest BCUT2D eigenvalue weighted by molar-refractivity contribution is -0.879. The summed E-state index contributed by atoms with van der Waals surface area (Å²) in [6.07, 6.45) is 2.12. The number of rotatable bonds is 9. The Morgan fingerprint density at radius 2 is 1.86 bits per heavy atom. The van der Waals surface area contributed by atoms with Gasteiger partial charge in [-0.3, -0.25) is 0 Å². The fourth-order valence-corrected chi connectivity index (χ4v) is 5.30. The fourth-order valence-electron chi connectivity index (χ4n) is 3.48. The highest BCUT2D eigenvalue weighted by molar-refractivity contribution is 7.12. The van der Waals surface area contributed by atoms with E-state index in [1.165, 1.54) is 22.7 Å². The molecule has 1 atom stereocenters. The number of carbonyl (C=O) groups excluding carboxylic acids is 1. The molecule has 0 aromatic carbocycles. The van der Waals surface area contributed by atoms with Gasteiger partial charge in [-0.25, -0.2) is 4.79 Å². The molecule has 3 rings (SSSR count). The largest absolute Gasteiger partial charge is 1.00 e. The van der Waals surface area contributed by atoms with Gasteiger partial charge in [0.05, 0.1) is 30.4 Å². The molecular weight excluding hydrogens is 462 g/mol. The Morgan fingerprint density at radius 3 is 2.32 bits per heavy atom. The fraction of sp³-hybridized carbons (Fsp3) is 0.550. The van der Waals surface area contributed by atoms with Crippen LogP contribution in [0.15, 0.2) is 35.0 Å². The molecule has 2 aromatic rings. The summed E-state index contributed by atoms with van der Waals surface area (Å²) in [7, 11) is 4.32. The molecule has 8 heteroatoms. The summed E-state index contributed by atoms with van der Waals surface area (Å²) in [6, 6.07) is 7.74. The first-order valence-electron chi connectivity index (χ1n) is 9.34. The number of ether oxygens (including phenoxy) is 2. The average Bonchev–Trinajstić information content (AvgIpc) is 3.37. The van der Waals surface area contributed by atoms with Crippen LogP contribution in [-0.4, -0.2) is 62.1 Å². The zero-order valence-corrected chi connectivity index (χ0v) is 19.5. The predicted octanol–water partition coefficient (Wildman–Crippen LogP) is 0.238. The summed E-state index contributed by atoms with van der Waals surface area (Å²) in [5.41, 5.74) is -1.22. The predicted molar refractivity (Wildman–Crippen MR) is 108 cm³/mol. The summed E-state index contributed by atoms with van der Waals surface area (Å²) < 4.78 is 13.1. The van der Waals surface area contributed by atoms with Crippen molar-refractivity contribution in [3.63, 3.8) is 0 Å². The lowest BCUT2D eigenvalue weighted by Gasteiger charge is -2.31. The number of thiophene rings is 2. The van der Waals surface area contributed by atoms with Gasteiger partial charge in [0.15, 0.2) is 6.10 Å². The molecule has 1 fully saturated rings. The van der Waals surface area contributed by atoms with Crippen LogP contribution in [0.2, 0.25) is 0 Å². The third-order valence-electron chi connectivity index (χ3n) is 4.92. The summed E-state index contributed by atoms with van der Waals surface area (Å²) in [5, 5.41) is 13.0. The number of hydrogen-bond acceptors (Lipinski definition) is 6. The molecule has 0 aliphatic carbocycles. The third kappa shape index (κ3) is 5.23. The second-order valence-electron chi connectivity index (χ2n) is 7.57. The van der Waals surface area contributed by atoms with E-state index < -0.39 is 5.60 Å². The third-order valence-corrected chi connectivity index (χ3v) is 6.86. The van der Waals surface area contributed by atoms with Gasteiger partial charge in [0.25, 0.3) is 0 Å². The lowest BCUT2D eigenvalue weighted by Crippen LogP contribution is -3.00. The minimum atomic E-state index is -1.22. The van der Waals surface area contributed by atoms with Crippen LogP contribution in [-0.2, 0) is 19.9 Å². The molecule has 0 bridgehead atoms. The van der Waals surface area contributed by atoms with Crippen LogP contribution in [0.3, 0.4) is 0 Å². The highest BCUT2D eigenvalue weighted by Gasteiger charge is 2.49. The van der Waals surface area contributed by atoms with E-state index in [2.05, 4.69) is 14.1 Å². The van der Waals surface area contributed by atoms with Crippen molar-refractivity contribution in [2.75, 3.05) is 40.4 Å². The SMILES string of the molecule is C[N+]1(C)CCC(OC(=O)C(OCCCCO)(c2cccs2)c2cccs2)C1.[Br-]. The Kier molecular flexibility index (Phi) is 8.66. The van der Waals surface area contributed by atoms with E-state index in [1.54, 1.807) is 0 Å². The van der Waals surface area contributed by atoms with Crippen LogP contribution in [0, 0.1) is 0 Å². The monoisotopic (exact) mass is 489 g/mol. The number of halogens is 1. The Balaban J connectivity index is 0.00000280. The zero-order valence-electron chi connectivity index (χ0n) is 16.3. The maximum Gasteiger partial charge on any atom is 0.350 e. The van der Waals surface area contributed by atoms with Crippen LogP contribution < -0.4 is 17.0 Å². The second-order valence-corrected chi connectivity index (χ2v) is 9.47. The minimum Gasteiger partial charge on any atom is -1.00 e. The quantitative estimate of drug-likeness (QED) is 0.311. The van der Waals surface area contributed by atoms with Crippen molar-refractivity contribution in [1.82, 2.24) is 0 Å². The first-order valence-corrected chi connectivity index (χ1v) is 11.1. The number of likely N-dealkylation sites (tertiary alicyclic amines) is 1. The Morgan fingerprint density at radius 1 is 1.21 bits per heavy atom. The van der Waals surface area contributed by atoms with E-state index in [1.807, 2.05) is 35.0 Å². The van der Waals surface area contributed by atoms with Gasteiger partial charge in [0.2, 0.25) is 5.60 Å². The zero-order chi connectivity index (χ0) is 19.3. The Labute approximate surface area is 185 Å². The molecule has 0 radical (unpaired) electrons. The van der Waals surface area contributed by atoms with E-state index >= 15 is 0 Å². The van der Waals surface area contributed by atoms with E-state index in [-0.39, 0.29) is 35.7 Å². The first-order chi connectivity index (χ1) is 13.0. The van der Waals surface area contributed by atoms with Crippen molar-refractivity contribution in [3.8, 4) is 0 Å². The molecule has 1 unspecified atom stereocenters. The molecule has 0 spiro atoms. The van der Waals surface area contributed by atoms with Crippen molar-refractivity contribution in [1.29, 1.82) is 0 Å². The van der Waals surface area contributed by atoms with Gasteiger partial charge in [-0.2, -0.15) is 0 Å². The molecule has 156 valence electrons. The number of likely N-dealkylation sites (N-methyl/N-ethyl adjacent to an activating group) is 1.